The van der Waals surface area contributed by atoms with E-state index in [4.69, 9.17) is 23.2 Å². The van der Waals surface area contributed by atoms with E-state index in [-0.39, 0.29) is 0 Å². The van der Waals surface area contributed by atoms with Crippen LogP contribution < -0.4 is 15.1 Å². The highest BCUT2D eigenvalue weighted by atomic mass is 35.5. The zero-order valence-electron chi connectivity index (χ0n) is 19.5. The standard InChI is InChI=1S/C24H28Cl2N6O3/c1-35-24(34)27-23(33)31(21-17-18-7-2-3-12-32(18)28-21)11-5-4-10-29-13-15-30(16-14-29)20-9-6-8-19(25)22(20)26/h2-3,6-9,12,17H,4-5,10-11,13-16H2,1H3,(H,27,33,34). The molecule has 1 aliphatic heterocycles. The van der Waals surface area contributed by atoms with E-state index in [2.05, 4.69) is 25.0 Å². The molecule has 2 aromatic heterocycles. The van der Waals surface area contributed by atoms with Crippen molar-refractivity contribution in [2.45, 2.75) is 12.8 Å². The molecular weight excluding hydrogens is 491 g/mol. The number of rotatable bonds is 7. The van der Waals surface area contributed by atoms with E-state index in [1.165, 1.54) is 12.0 Å². The topological polar surface area (TPSA) is 82.4 Å². The van der Waals surface area contributed by atoms with Crippen LogP contribution in [-0.2, 0) is 4.74 Å². The number of anilines is 2. The summed E-state index contributed by atoms with van der Waals surface area (Å²) in [6.07, 6.45) is 2.66. The van der Waals surface area contributed by atoms with Gasteiger partial charge in [0.15, 0.2) is 5.82 Å². The van der Waals surface area contributed by atoms with E-state index in [9.17, 15) is 9.59 Å². The third-order valence-electron chi connectivity index (χ3n) is 6.02. The molecule has 1 fully saturated rings. The molecule has 0 atom stereocenters. The number of urea groups is 1. The third kappa shape index (κ3) is 6.17. The lowest BCUT2D eigenvalue weighted by Gasteiger charge is -2.36. The molecule has 1 N–H and O–H groups in total. The highest BCUT2D eigenvalue weighted by Crippen LogP contribution is 2.32. The van der Waals surface area contributed by atoms with Gasteiger partial charge in [0.25, 0.3) is 0 Å². The average molecular weight is 519 g/mol. The van der Waals surface area contributed by atoms with Gasteiger partial charge in [0.1, 0.15) is 0 Å². The fraction of sp³-hybridized carbons (Fsp3) is 0.375. The predicted octanol–water partition coefficient (Wildman–Crippen LogP) is 4.53. The molecule has 35 heavy (non-hydrogen) atoms. The lowest BCUT2D eigenvalue weighted by molar-refractivity contribution is 0.171. The largest absolute Gasteiger partial charge is 0.453 e. The summed E-state index contributed by atoms with van der Waals surface area (Å²) in [4.78, 5) is 30.5. The molecule has 1 saturated heterocycles. The molecule has 0 unspecified atom stereocenters. The zero-order valence-corrected chi connectivity index (χ0v) is 21.0. The summed E-state index contributed by atoms with van der Waals surface area (Å²) < 4.78 is 6.27. The van der Waals surface area contributed by atoms with Gasteiger partial charge < -0.3 is 9.64 Å². The number of unbranched alkanes of at least 4 members (excludes halogenated alkanes) is 1. The van der Waals surface area contributed by atoms with Crippen LogP contribution in [0.25, 0.3) is 5.52 Å². The summed E-state index contributed by atoms with van der Waals surface area (Å²) in [5.74, 6) is 0.476. The Bertz CT molecular complexity index is 1150. The van der Waals surface area contributed by atoms with Crippen molar-refractivity contribution in [3.05, 3.63) is 58.7 Å². The molecule has 11 heteroatoms. The normalized spacial score (nSPS) is 14.2. The number of imide groups is 1. The van der Waals surface area contributed by atoms with Gasteiger partial charge in [-0.05, 0) is 43.7 Å². The molecular formula is C24H28Cl2N6O3. The minimum absolute atomic E-state index is 0.421. The highest BCUT2D eigenvalue weighted by molar-refractivity contribution is 6.43. The number of halogens is 2. The molecule has 3 aromatic rings. The van der Waals surface area contributed by atoms with E-state index < -0.39 is 12.1 Å². The number of aromatic nitrogens is 2. The Morgan fingerprint density at radius 3 is 2.63 bits per heavy atom. The Balaban J connectivity index is 1.30. The van der Waals surface area contributed by atoms with Gasteiger partial charge in [-0.25, -0.2) is 19.4 Å². The fourth-order valence-electron chi connectivity index (χ4n) is 4.14. The van der Waals surface area contributed by atoms with Gasteiger partial charge in [0.05, 0.1) is 28.4 Å². The zero-order chi connectivity index (χ0) is 24.8. The van der Waals surface area contributed by atoms with Gasteiger partial charge in [0, 0.05) is 45.0 Å². The number of piperazine rings is 1. The maximum atomic E-state index is 12.7. The van der Waals surface area contributed by atoms with Crippen molar-refractivity contribution in [1.82, 2.24) is 19.8 Å². The van der Waals surface area contributed by atoms with Crippen LogP contribution in [0.2, 0.25) is 10.0 Å². The monoisotopic (exact) mass is 518 g/mol. The number of alkyl carbamates (subject to hydrolysis) is 1. The summed E-state index contributed by atoms with van der Waals surface area (Å²) in [6, 6.07) is 12.6. The Morgan fingerprint density at radius 2 is 1.89 bits per heavy atom. The minimum atomic E-state index is -0.804. The second-order valence-electron chi connectivity index (χ2n) is 8.25. The minimum Gasteiger partial charge on any atom is -0.453 e. The second-order valence-corrected chi connectivity index (χ2v) is 9.04. The number of nitrogens with zero attached hydrogens (tertiary/aromatic N) is 5. The molecule has 3 heterocycles. The Kier molecular flexibility index (Phi) is 8.33. The van der Waals surface area contributed by atoms with Crippen LogP contribution in [0.15, 0.2) is 48.7 Å². The average Bonchev–Trinajstić information content (AvgIpc) is 3.29. The van der Waals surface area contributed by atoms with Gasteiger partial charge in [-0.3, -0.25) is 9.80 Å². The number of fused-ring (bicyclic) bond motifs is 1. The molecule has 0 aliphatic carbocycles. The number of benzene rings is 1. The maximum Gasteiger partial charge on any atom is 0.415 e. The quantitative estimate of drug-likeness (QED) is 0.462. The molecule has 0 spiro atoms. The summed E-state index contributed by atoms with van der Waals surface area (Å²) in [5, 5.41) is 7.88. The molecule has 186 valence electrons. The number of hydrogen-bond donors (Lipinski definition) is 1. The van der Waals surface area contributed by atoms with Crippen LogP contribution in [0, 0.1) is 0 Å². The van der Waals surface area contributed by atoms with Crippen LogP contribution in [0.4, 0.5) is 21.1 Å². The number of methoxy groups -OCH3 is 1. The van der Waals surface area contributed by atoms with Crippen molar-refractivity contribution in [1.29, 1.82) is 0 Å². The number of pyridine rings is 1. The summed E-state index contributed by atoms with van der Waals surface area (Å²) in [6.45, 7) is 4.91. The number of amides is 3. The molecule has 0 radical (unpaired) electrons. The first-order valence-corrected chi connectivity index (χ1v) is 12.2. The van der Waals surface area contributed by atoms with Crippen molar-refractivity contribution in [3.63, 3.8) is 0 Å². The van der Waals surface area contributed by atoms with Gasteiger partial charge in [0.2, 0.25) is 0 Å². The van der Waals surface area contributed by atoms with Crippen LogP contribution in [0.5, 0.6) is 0 Å². The Morgan fingerprint density at radius 1 is 1.09 bits per heavy atom. The van der Waals surface area contributed by atoms with Crippen molar-refractivity contribution in [2.24, 2.45) is 0 Å². The lowest BCUT2D eigenvalue weighted by atomic mass is 10.2. The van der Waals surface area contributed by atoms with E-state index in [0.29, 0.717) is 22.4 Å². The van der Waals surface area contributed by atoms with E-state index in [1.54, 1.807) is 10.6 Å². The van der Waals surface area contributed by atoms with Crippen LogP contribution in [-0.4, -0.2) is 73.0 Å². The first-order valence-electron chi connectivity index (χ1n) is 11.5. The van der Waals surface area contributed by atoms with Crippen LogP contribution >= 0.6 is 23.2 Å². The number of ether oxygens (including phenoxy) is 1. The van der Waals surface area contributed by atoms with Crippen LogP contribution in [0.1, 0.15) is 12.8 Å². The highest BCUT2D eigenvalue weighted by Gasteiger charge is 2.22. The molecule has 4 rings (SSSR count). The second kappa shape index (κ2) is 11.6. The third-order valence-corrected chi connectivity index (χ3v) is 6.83. The number of carbonyl (C=O) groups is 2. The predicted molar refractivity (Wildman–Crippen MR) is 138 cm³/mol. The Labute approximate surface area is 214 Å². The van der Waals surface area contributed by atoms with Gasteiger partial charge in [-0.2, -0.15) is 0 Å². The van der Waals surface area contributed by atoms with Crippen LogP contribution in [0.3, 0.4) is 0 Å². The van der Waals surface area contributed by atoms with Crippen molar-refractivity contribution in [2.75, 3.05) is 56.2 Å². The lowest BCUT2D eigenvalue weighted by Crippen LogP contribution is -2.47. The molecule has 0 bridgehead atoms. The summed E-state index contributed by atoms with van der Waals surface area (Å²) >= 11 is 12.5. The van der Waals surface area contributed by atoms with E-state index in [1.807, 2.05) is 42.6 Å². The summed E-state index contributed by atoms with van der Waals surface area (Å²) in [5.41, 5.74) is 1.83. The van der Waals surface area contributed by atoms with Crippen molar-refractivity contribution < 1.29 is 14.3 Å². The van der Waals surface area contributed by atoms with E-state index >= 15 is 0 Å². The first kappa shape index (κ1) is 25.1. The SMILES string of the molecule is COC(=O)NC(=O)N(CCCCN1CCN(c2cccc(Cl)c2Cl)CC1)c1cc2ccccn2n1. The van der Waals surface area contributed by atoms with Crippen molar-refractivity contribution >= 4 is 52.3 Å². The fourth-order valence-corrected chi connectivity index (χ4v) is 4.55. The first-order chi connectivity index (χ1) is 17.0. The van der Waals surface area contributed by atoms with Crippen molar-refractivity contribution in [3.8, 4) is 0 Å². The Hall–Kier alpha value is -3.01. The molecule has 0 saturated carbocycles. The molecule has 1 aromatic carbocycles. The smallest absolute Gasteiger partial charge is 0.415 e. The number of nitrogens with one attached hydrogen (secondary N) is 1. The number of carbonyl (C=O) groups excluding carboxylic acids is 2. The van der Waals surface area contributed by atoms with E-state index in [0.717, 1.165) is 56.8 Å². The van der Waals surface area contributed by atoms with Gasteiger partial charge in [-0.15, -0.1) is 5.10 Å². The number of hydrogen-bond acceptors (Lipinski definition) is 6. The van der Waals surface area contributed by atoms with Gasteiger partial charge in [-0.1, -0.05) is 35.3 Å². The summed E-state index contributed by atoms with van der Waals surface area (Å²) in [7, 11) is 1.22. The molecule has 3 amide bonds. The molecule has 1 aliphatic rings. The molecule has 9 nitrogen and oxygen atoms in total. The maximum absolute atomic E-state index is 12.7. The van der Waals surface area contributed by atoms with Gasteiger partial charge >= 0.3 is 12.1 Å².